The zero-order valence-corrected chi connectivity index (χ0v) is 17.8. The highest BCUT2D eigenvalue weighted by Gasteiger charge is 2.21. The number of carbonyl (C=O) groups is 4. The Hall–Kier alpha value is -4.86. The van der Waals surface area contributed by atoms with Crippen LogP contribution in [0.2, 0.25) is 0 Å². The zero-order chi connectivity index (χ0) is 24.8. The second kappa shape index (κ2) is 10.2. The van der Waals surface area contributed by atoms with Crippen molar-refractivity contribution in [3.05, 3.63) is 105 Å². The number of benzene rings is 3. The molecule has 0 saturated carbocycles. The summed E-state index contributed by atoms with van der Waals surface area (Å²) in [5.41, 5.74) is -0.0277. The van der Waals surface area contributed by atoms with Crippen LogP contribution in [0.3, 0.4) is 0 Å². The Morgan fingerprint density at radius 1 is 0.912 bits per heavy atom. The molecule has 2 N–H and O–H groups in total. The fourth-order valence-corrected chi connectivity index (χ4v) is 3.08. The van der Waals surface area contributed by atoms with Crippen LogP contribution in [-0.4, -0.2) is 40.3 Å². The lowest BCUT2D eigenvalue weighted by Gasteiger charge is -2.09. The predicted octanol–water partition coefficient (Wildman–Crippen LogP) is 3.95. The van der Waals surface area contributed by atoms with Gasteiger partial charge in [-0.1, -0.05) is 12.1 Å². The molecular formula is C24H18N2O8. The summed E-state index contributed by atoms with van der Waals surface area (Å²) in [7, 11) is 0. The summed E-state index contributed by atoms with van der Waals surface area (Å²) in [6, 6.07) is 14.7. The number of carbonyl (C=O) groups excluding carboxylic acids is 3. The van der Waals surface area contributed by atoms with Crippen LogP contribution in [0.25, 0.3) is 0 Å². The minimum absolute atomic E-state index is 0.0545. The lowest BCUT2D eigenvalue weighted by atomic mass is 9.98. The van der Waals surface area contributed by atoms with E-state index in [2.05, 4.69) is 5.32 Å². The minimum Gasteiger partial charge on any atom is -0.478 e. The fourth-order valence-electron chi connectivity index (χ4n) is 3.08. The summed E-state index contributed by atoms with van der Waals surface area (Å²) in [5.74, 6) is -3.24. The van der Waals surface area contributed by atoms with Crippen molar-refractivity contribution >= 4 is 35.0 Å². The van der Waals surface area contributed by atoms with Gasteiger partial charge in [0.2, 0.25) is 0 Å². The van der Waals surface area contributed by atoms with Gasteiger partial charge in [-0.05, 0) is 49.4 Å². The highest BCUT2D eigenvalue weighted by molar-refractivity contribution is 6.12. The van der Waals surface area contributed by atoms with E-state index in [1.54, 1.807) is 6.92 Å². The molecule has 0 atom stereocenters. The first-order chi connectivity index (χ1) is 16.2. The van der Waals surface area contributed by atoms with E-state index in [0.29, 0.717) is 5.69 Å². The van der Waals surface area contributed by atoms with Crippen LogP contribution in [0.1, 0.15) is 53.9 Å². The number of ketones is 1. The molecule has 0 aliphatic heterocycles. The molecule has 3 rings (SSSR count). The number of ether oxygens (including phenoxy) is 1. The molecule has 1 amide bonds. The number of anilines is 1. The lowest BCUT2D eigenvalue weighted by Crippen LogP contribution is -2.14. The fraction of sp³-hybridized carbons (Fsp3) is 0.0833. The second-order valence-corrected chi connectivity index (χ2v) is 6.95. The topological polar surface area (TPSA) is 153 Å². The molecule has 0 fully saturated rings. The molecule has 172 valence electrons. The standard InChI is InChI=1S/C24H18N2O8/c1-2-34-24(31)19-11-8-15(13-20(19)23(29)30)21(27)14-6-9-17(10-7-14)25-22(28)16-4-3-5-18(12-16)26(32)33/h3-13H,2H2,1H3,(H,25,28)(H,29,30). The summed E-state index contributed by atoms with van der Waals surface area (Å²) in [6.07, 6.45) is 0. The number of nitrogens with one attached hydrogen (secondary N) is 1. The van der Waals surface area contributed by atoms with Crippen molar-refractivity contribution in [2.24, 2.45) is 0 Å². The minimum atomic E-state index is -1.38. The second-order valence-electron chi connectivity index (χ2n) is 6.95. The number of hydrogen-bond donors (Lipinski definition) is 2. The van der Waals surface area contributed by atoms with Crippen molar-refractivity contribution in [1.82, 2.24) is 0 Å². The van der Waals surface area contributed by atoms with Crippen LogP contribution in [0.5, 0.6) is 0 Å². The summed E-state index contributed by atoms with van der Waals surface area (Å²) in [6.45, 7) is 1.66. The largest absolute Gasteiger partial charge is 0.478 e. The zero-order valence-electron chi connectivity index (χ0n) is 17.8. The van der Waals surface area contributed by atoms with Crippen LogP contribution < -0.4 is 5.32 Å². The number of aromatic carboxylic acids is 1. The van der Waals surface area contributed by atoms with E-state index < -0.39 is 28.6 Å². The Kier molecular flexibility index (Phi) is 7.12. The number of carboxylic acid groups (broad SMARTS) is 1. The van der Waals surface area contributed by atoms with Crippen molar-refractivity contribution < 1.29 is 33.9 Å². The Balaban J connectivity index is 1.78. The van der Waals surface area contributed by atoms with Gasteiger partial charge in [0.15, 0.2) is 5.78 Å². The van der Waals surface area contributed by atoms with Crippen LogP contribution in [0.15, 0.2) is 66.7 Å². The van der Waals surface area contributed by atoms with Gasteiger partial charge in [-0.25, -0.2) is 9.59 Å². The van der Waals surface area contributed by atoms with Crippen LogP contribution in [0.4, 0.5) is 11.4 Å². The maximum Gasteiger partial charge on any atom is 0.338 e. The number of hydrogen-bond acceptors (Lipinski definition) is 7. The van der Waals surface area contributed by atoms with E-state index in [1.807, 2.05) is 0 Å². The molecule has 0 radical (unpaired) electrons. The van der Waals surface area contributed by atoms with E-state index in [0.717, 1.165) is 12.1 Å². The van der Waals surface area contributed by atoms with Gasteiger partial charge in [-0.15, -0.1) is 0 Å². The van der Waals surface area contributed by atoms with Gasteiger partial charge in [0.1, 0.15) is 0 Å². The van der Waals surface area contributed by atoms with Crippen molar-refractivity contribution in [3.63, 3.8) is 0 Å². The number of esters is 1. The van der Waals surface area contributed by atoms with E-state index in [4.69, 9.17) is 4.74 Å². The van der Waals surface area contributed by atoms with Crippen molar-refractivity contribution in [2.45, 2.75) is 6.92 Å². The molecule has 0 unspecified atom stereocenters. The number of nitrogens with zero attached hydrogens (tertiary/aromatic N) is 1. The van der Waals surface area contributed by atoms with Crippen molar-refractivity contribution in [1.29, 1.82) is 0 Å². The lowest BCUT2D eigenvalue weighted by molar-refractivity contribution is -0.384. The first kappa shape index (κ1) is 23.8. The molecule has 0 bridgehead atoms. The average molecular weight is 462 g/mol. The Morgan fingerprint density at radius 3 is 2.21 bits per heavy atom. The number of amides is 1. The number of non-ortho nitro benzene ring substituents is 1. The maximum atomic E-state index is 12.8. The van der Waals surface area contributed by atoms with Crippen LogP contribution in [-0.2, 0) is 4.74 Å². The van der Waals surface area contributed by atoms with E-state index in [1.165, 1.54) is 54.6 Å². The highest BCUT2D eigenvalue weighted by atomic mass is 16.6. The van der Waals surface area contributed by atoms with Crippen molar-refractivity contribution in [2.75, 3.05) is 11.9 Å². The van der Waals surface area contributed by atoms with E-state index >= 15 is 0 Å². The van der Waals surface area contributed by atoms with Gasteiger partial charge in [0.25, 0.3) is 11.6 Å². The van der Waals surface area contributed by atoms with Gasteiger partial charge in [-0.3, -0.25) is 19.7 Å². The normalized spacial score (nSPS) is 10.3. The van der Waals surface area contributed by atoms with Crippen molar-refractivity contribution in [3.8, 4) is 0 Å². The van der Waals surface area contributed by atoms with Gasteiger partial charge in [0.05, 0.1) is 22.7 Å². The monoisotopic (exact) mass is 462 g/mol. The van der Waals surface area contributed by atoms with Crippen LogP contribution in [0, 0.1) is 10.1 Å². The molecule has 0 aliphatic carbocycles. The predicted molar refractivity (Wildman–Crippen MR) is 120 cm³/mol. The first-order valence-corrected chi connectivity index (χ1v) is 9.96. The summed E-state index contributed by atoms with van der Waals surface area (Å²) >= 11 is 0. The number of nitro groups is 1. The third-order valence-corrected chi connectivity index (χ3v) is 4.73. The number of carboxylic acids is 1. The first-order valence-electron chi connectivity index (χ1n) is 9.96. The molecule has 3 aromatic carbocycles. The Bertz CT molecular complexity index is 1300. The average Bonchev–Trinajstić information content (AvgIpc) is 2.83. The van der Waals surface area contributed by atoms with Gasteiger partial charge >= 0.3 is 11.9 Å². The number of nitro benzene ring substituents is 1. The summed E-state index contributed by atoms with van der Waals surface area (Å²) in [5, 5.41) is 22.9. The molecule has 10 nitrogen and oxygen atoms in total. The molecule has 0 heterocycles. The quantitative estimate of drug-likeness (QED) is 0.221. The summed E-state index contributed by atoms with van der Waals surface area (Å²) < 4.78 is 4.84. The number of rotatable bonds is 8. The molecule has 3 aromatic rings. The third-order valence-electron chi connectivity index (χ3n) is 4.73. The SMILES string of the molecule is CCOC(=O)c1ccc(C(=O)c2ccc(NC(=O)c3cccc([N+](=O)[O-])c3)cc2)cc1C(=O)O. The highest BCUT2D eigenvalue weighted by Crippen LogP contribution is 2.20. The van der Waals surface area contributed by atoms with Gasteiger partial charge in [0, 0.05) is 34.5 Å². The molecule has 0 saturated heterocycles. The Morgan fingerprint density at radius 2 is 1.59 bits per heavy atom. The summed E-state index contributed by atoms with van der Waals surface area (Å²) in [4.78, 5) is 59.0. The molecule has 0 spiro atoms. The van der Waals surface area contributed by atoms with Gasteiger partial charge in [-0.2, -0.15) is 0 Å². The van der Waals surface area contributed by atoms with E-state index in [-0.39, 0.29) is 40.1 Å². The molecule has 0 aromatic heterocycles. The molecule has 34 heavy (non-hydrogen) atoms. The smallest absolute Gasteiger partial charge is 0.338 e. The molecule has 10 heteroatoms. The Labute approximate surface area is 192 Å². The van der Waals surface area contributed by atoms with Gasteiger partial charge < -0.3 is 15.2 Å². The maximum absolute atomic E-state index is 12.8. The van der Waals surface area contributed by atoms with Crippen LogP contribution >= 0.6 is 0 Å². The molecular weight excluding hydrogens is 444 g/mol. The molecule has 0 aliphatic rings. The van der Waals surface area contributed by atoms with E-state index in [9.17, 15) is 34.4 Å². The third kappa shape index (κ3) is 5.30.